The van der Waals surface area contributed by atoms with E-state index in [4.69, 9.17) is 4.74 Å². The normalized spacial score (nSPS) is 17.5. The van der Waals surface area contributed by atoms with Crippen LogP contribution in [0.2, 0.25) is 0 Å². The van der Waals surface area contributed by atoms with Crippen molar-refractivity contribution in [1.82, 2.24) is 20.1 Å². The van der Waals surface area contributed by atoms with Crippen molar-refractivity contribution >= 4 is 27.6 Å². The van der Waals surface area contributed by atoms with Crippen LogP contribution in [-0.4, -0.2) is 71.4 Å². The Balaban J connectivity index is 1.42. The molecule has 0 saturated carbocycles. The van der Waals surface area contributed by atoms with E-state index in [2.05, 4.69) is 15.4 Å². The molecule has 0 radical (unpaired) electrons. The SMILES string of the molecule is C[C@@H](COCCC(=O)N1CCN(c2ccc(S(F)(F)(F)(F)F)cn2)CC1)Nc1cn[nH]c(=O)c1C(F)(F)F. The number of nitrogens with one attached hydrogen (secondary N) is 2. The van der Waals surface area contributed by atoms with E-state index in [1.807, 2.05) is 0 Å². The topological polar surface area (TPSA) is 103 Å². The molecule has 2 N–H and O–H groups in total. The molecule has 18 heteroatoms. The van der Waals surface area contributed by atoms with Gasteiger partial charge in [-0.3, -0.25) is 9.59 Å². The second-order valence-electron chi connectivity index (χ2n) is 8.54. The molecule has 9 nitrogen and oxygen atoms in total. The lowest BCUT2D eigenvalue weighted by atomic mass is 10.2. The number of ether oxygens (including phenoxy) is 1. The van der Waals surface area contributed by atoms with Gasteiger partial charge in [-0.25, -0.2) is 10.1 Å². The number of carbonyl (C=O) groups is 1. The van der Waals surface area contributed by atoms with Crippen LogP contribution >= 0.6 is 10.2 Å². The van der Waals surface area contributed by atoms with E-state index < -0.39 is 44.1 Å². The zero-order chi connectivity index (χ0) is 28.4. The van der Waals surface area contributed by atoms with Crippen LogP contribution in [0.5, 0.6) is 0 Å². The zero-order valence-corrected chi connectivity index (χ0v) is 20.6. The molecular formula is C20H24F8N6O3S. The Morgan fingerprint density at radius 2 is 1.79 bits per heavy atom. The summed E-state index contributed by atoms with van der Waals surface area (Å²) in [6.07, 6.45) is -4.00. The van der Waals surface area contributed by atoms with Crippen molar-refractivity contribution in [3.8, 4) is 0 Å². The van der Waals surface area contributed by atoms with Gasteiger partial charge in [0.05, 0.1) is 37.7 Å². The Bertz CT molecular complexity index is 1200. The lowest BCUT2D eigenvalue weighted by Gasteiger charge is -2.40. The smallest absolute Gasteiger partial charge is 0.379 e. The van der Waals surface area contributed by atoms with Crippen LogP contribution in [0.15, 0.2) is 34.2 Å². The van der Waals surface area contributed by atoms with Gasteiger partial charge in [0.2, 0.25) is 5.91 Å². The Kier molecular flexibility index (Phi) is 7.63. The van der Waals surface area contributed by atoms with Gasteiger partial charge in [0.1, 0.15) is 16.3 Å². The summed E-state index contributed by atoms with van der Waals surface area (Å²) in [5.41, 5.74) is -3.32. The van der Waals surface area contributed by atoms with Gasteiger partial charge >= 0.3 is 16.4 Å². The number of rotatable bonds is 9. The highest BCUT2D eigenvalue weighted by molar-refractivity contribution is 8.45. The summed E-state index contributed by atoms with van der Waals surface area (Å²) >= 11 is 0. The van der Waals surface area contributed by atoms with Gasteiger partial charge < -0.3 is 19.9 Å². The summed E-state index contributed by atoms with van der Waals surface area (Å²) in [6.45, 7) is 2.23. The minimum absolute atomic E-state index is 0.0378. The summed E-state index contributed by atoms with van der Waals surface area (Å²) in [5.74, 6) is -0.218. The third kappa shape index (κ3) is 7.68. The number of halogens is 8. The standard InChI is InChI=1S/C20H24F8N6O3S/c1-13(31-15-11-30-32-19(36)18(15)20(21,22)23)12-37-9-4-17(35)34-7-5-33(6-8-34)16-3-2-14(10-29-16)38(24,25,26,27)28/h2-3,10-11,13H,4-9,12H2,1H3,(H2,31,32,36)/t13-/m0/s1. The van der Waals surface area contributed by atoms with E-state index in [-0.39, 0.29) is 69.8 Å². The lowest BCUT2D eigenvalue weighted by molar-refractivity contribution is -0.138. The van der Waals surface area contributed by atoms with Crippen LogP contribution < -0.4 is 15.8 Å². The third-order valence-corrected chi connectivity index (χ3v) is 6.62. The summed E-state index contributed by atoms with van der Waals surface area (Å²) in [7, 11) is -9.81. The number of piperazine rings is 1. The fourth-order valence-corrected chi connectivity index (χ4v) is 4.22. The highest BCUT2D eigenvalue weighted by Crippen LogP contribution is 3.02. The highest BCUT2D eigenvalue weighted by Gasteiger charge is 2.65. The fourth-order valence-electron chi connectivity index (χ4n) is 3.65. The van der Waals surface area contributed by atoms with Gasteiger partial charge in [-0.05, 0) is 19.1 Å². The van der Waals surface area contributed by atoms with Crippen LogP contribution in [0.25, 0.3) is 0 Å². The monoisotopic (exact) mass is 580 g/mol. The van der Waals surface area contributed by atoms with Gasteiger partial charge in [0, 0.05) is 32.2 Å². The third-order valence-electron chi connectivity index (χ3n) is 5.49. The largest absolute Gasteiger partial charge is 0.423 e. The molecule has 38 heavy (non-hydrogen) atoms. The molecule has 1 aliphatic heterocycles. The molecule has 2 aromatic rings. The number of pyridine rings is 1. The van der Waals surface area contributed by atoms with E-state index in [1.165, 1.54) is 11.8 Å². The molecule has 1 amide bonds. The van der Waals surface area contributed by atoms with E-state index in [0.717, 1.165) is 12.3 Å². The molecule has 3 rings (SSSR count). The van der Waals surface area contributed by atoms with Gasteiger partial charge in [-0.1, -0.05) is 19.4 Å². The predicted octanol–water partition coefficient (Wildman–Crippen LogP) is 4.40. The molecule has 0 aliphatic carbocycles. The molecule has 0 unspecified atom stereocenters. The quantitative estimate of drug-likeness (QED) is 0.335. The van der Waals surface area contributed by atoms with Crippen molar-refractivity contribution in [2.75, 3.05) is 49.6 Å². The minimum atomic E-state index is -9.81. The number of nitrogens with zero attached hydrogens (tertiary/aromatic N) is 4. The average molecular weight is 581 g/mol. The number of aromatic amines is 1. The van der Waals surface area contributed by atoms with Crippen molar-refractivity contribution in [1.29, 1.82) is 0 Å². The van der Waals surface area contributed by atoms with E-state index >= 15 is 0 Å². The first-order chi connectivity index (χ1) is 17.3. The van der Waals surface area contributed by atoms with Crippen LogP contribution in [0.1, 0.15) is 18.9 Å². The number of hydrogen-bond acceptors (Lipinski definition) is 7. The van der Waals surface area contributed by atoms with Crippen molar-refractivity contribution in [3.63, 3.8) is 0 Å². The number of carbonyl (C=O) groups excluding carboxylic acids is 1. The molecular weight excluding hydrogens is 556 g/mol. The summed E-state index contributed by atoms with van der Waals surface area (Å²) < 4.78 is 109. The molecule has 3 heterocycles. The van der Waals surface area contributed by atoms with Crippen LogP contribution in [0.4, 0.5) is 44.1 Å². The van der Waals surface area contributed by atoms with Crippen LogP contribution in [-0.2, 0) is 15.7 Å². The number of aromatic nitrogens is 3. The Labute approximate surface area is 210 Å². The number of alkyl halides is 3. The van der Waals surface area contributed by atoms with Crippen LogP contribution in [0, 0.1) is 0 Å². The molecule has 214 valence electrons. The first-order valence-electron chi connectivity index (χ1n) is 11.1. The predicted molar refractivity (Wildman–Crippen MR) is 123 cm³/mol. The highest BCUT2D eigenvalue weighted by atomic mass is 32.5. The van der Waals surface area contributed by atoms with Gasteiger partial charge in [-0.2, -0.15) is 18.3 Å². The molecule has 0 aromatic carbocycles. The van der Waals surface area contributed by atoms with Crippen molar-refractivity contribution in [2.45, 2.75) is 30.5 Å². The summed E-state index contributed by atoms with van der Waals surface area (Å²) in [4.78, 5) is 28.4. The maximum Gasteiger partial charge on any atom is 0.423 e. The Morgan fingerprint density at radius 1 is 1.13 bits per heavy atom. The van der Waals surface area contributed by atoms with E-state index in [0.29, 0.717) is 0 Å². The average Bonchev–Trinajstić information content (AvgIpc) is 2.79. The molecule has 1 atom stereocenters. The van der Waals surface area contributed by atoms with Gasteiger partial charge in [-0.15, -0.1) is 0 Å². The number of anilines is 2. The van der Waals surface area contributed by atoms with E-state index in [1.54, 1.807) is 10.00 Å². The first kappa shape index (κ1) is 29.4. The Morgan fingerprint density at radius 3 is 2.34 bits per heavy atom. The van der Waals surface area contributed by atoms with E-state index in [9.17, 15) is 42.2 Å². The maximum absolute atomic E-state index is 13.1. The number of H-pyrrole nitrogens is 1. The summed E-state index contributed by atoms with van der Waals surface area (Å²) in [5, 5.41) is 7.59. The second-order valence-corrected chi connectivity index (χ2v) is 11.0. The molecule has 1 aliphatic rings. The van der Waals surface area contributed by atoms with Crippen molar-refractivity contribution in [3.05, 3.63) is 40.4 Å². The molecule has 2 aromatic heterocycles. The summed E-state index contributed by atoms with van der Waals surface area (Å²) in [6, 6.07) is 0.481. The van der Waals surface area contributed by atoms with Gasteiger partial charge in [0.25, 0.3) is 5.56 Å². The first-order valence-corrected chi connectivity index (χ1v) is 13.0. The van der Waals surface area contributed by atoms with Gasteiger partial charge in [0.15, 0.2) is 0 Å². The van der Waals surface area contributed by atoms with Crippen molar-refractivity contribution < 1.29 is 42.1 Å². The Hall–Kier alpha value is -3.15. The molecule has 0 bridgehead atoms. The minimum Gasteiger partial charge on any atom is -0.379 e. The number of hydrogen-bond donors (Lipinski definition) is 2. The molecule has 0 spiro atoms. The molecule has 1 fully saturated rings. The molecule has 1 saturated heterocycles. The lowest BCUT2D eigenvalue weighted by Crippen LogP contribution is -2.49. The maximum atomic E-state index is 13.1. The van der Waals surface area contributed by atoms with Crippen LogP contribution in [0.3, 0.4) is 0 Å². The van der Waals surface area contributed by atoms with Crippen molar-refractivity contribution in [2.24, 2.45) is 0 Å². The second kappa shape index (κ2) is 9.87. The fraction of sp³-hybridized carbons (Fsp3) is 0.500. The zero-order valence-electron chi connectivity index (χ0n) is 19.8. The number of amides is 1.